The van der Waals surface area contributed by atoms with Crippen LogP contribution in [0.4, 0.5) is 0 Å². The van der Waals surface area contributed by atoms with Crippen molar-refractivity contribution >= 4 is 5.97 Å². The molecule has 2 nitrogen and oxygen atoms in total. The topological polar surface area (TPSA) is 26.3 Å². The average molecular weight is 254 g/mol. The van der Waals surface area contributed by atoms with Crippen molar-refractivity contribution in [3.05, 3.63) is 71.8 Å². The Hall–Kier alpha value is -2.09. The van der Waals surface area contributed by atoms with Crippen LogP contribution in [0.5, 0.6) is 0 Å². The first kappa shape index (κ1) is 13.3. The van der Waals surface area contributed by atoms with Crippen LogP contribution >= 0.6 is 0 Å². The van der Waals surface area contributed by atoms with E-state index >= 15 is 0 Å². The van der Waals surface area contributed by atoms with E-state index in [1.165, 1.54) is 7.11 Å². The monoisotopic (exact) mass is 254 g/mol. The van der Waals surface area contributed by atoms with E-state index in [2.05, 4.69) is 0 Å². The summed E-state index contributed by atoms with van der Waals surface area (Å²) in [6.07, 6.45) is 0.629. The Labute approximate surface area is 114 Å². The van der Waals surface area contributed by atoms with Gasteiger partial charge in [0.2, 0.25) is 0 Å². The number of carbonyl (C=O) groups excluding carboxylic acids is 1. The Morgan fingerprint density at radius 3 is 2.05 bits per heavy atom. The molecule has 0 aromatic heterocycles. The molecule has 0 radical (unpaired) electrons. The number of hydrogen-bond donors (Lipinski definition) is 0. The molecule has 0 aliphatic carbocycles. The van der Waals surface area contributed by atoms with Crippen LogP contribution in [0.3, 0.4) is 0 Å². The number of rotatable bonds is 4. The van der Waals surface area contributed by atoms with Crippen LogP contribution in [-0.2, 0) is 21.4 Å². The molecule has 98 valence electrons. The van der Waals surface area contributed by atoms with Crippen LogP contribution in [0.15, 0.2) is 60.7 Å². The van der Waals surface area contributed by atoms with Crippen molar-refractivity contribution in [1.29, 1.82) is 0 Å². The number of ether oxygens (including phenoxy) is 1. The summed E-state index contributed by atoms with van der Waals surface area (Å²) in [5, 5.41) is 0. The number of benzene rings is 2. The highest BCUT2D eigenvalue weighted by Gasteiger charge is 2.36. The number of esters is 1. The Morgan fingerprint density at radius 1 is 1.00 bits per heavy atom. The molecule has 1 unspecified atom stereocenters. The highest BCUT2D eigenvalue weighted by atomic mass is 16.5. The number of carbonyl (C=O) groups is 1. The fraction of sp³-hybridized carbons (Fsp3) is 0.235. The highest BCUT2D eigenvalue weighted by Crippen LogP contribution is 2.29. The largest absolute Gasteiger partial charge is 0.468 e. The van der Waals surface area contributed by atoms with Crippen LogP contribution in [0.2, 0.25) is 0 Å². The minimum Gasteiger partial charge on any atom is -0.468 e. The van der Waals surface area contributed by atoms with Crippen LogP contribution in [0, 0.1) is 0 Å². The third-order valence-corrected chi connectivity index (χ3v) is 3.45. The van der Waals surface area contributed by atoms with E-state index in [0.29, 0.717) is 6.42 Å². The second-order valence-corrected chi connectivity index (χ2v) is 4.85. The summed E-state index contributed by atoms with van der Waals surface area (Å²) in [5.74, 6) is -0.206. The van der Waals surface area contributed by atoms with Crippen molar-refractivity contribution in [3.8, 4) is 0 Å². The molecule has 0 saturated carbocycles. The molecule has 2 aromatic rings. The van der Waals surface area contributed by atoms with Crippen molar-refractivity contribution in [2.45, 2.75) is 18.8 Å². The first-order valence-corrected chi connectivity index (χ1v) is 6.34. The van der Waals surface area contributed by atoms with Gasteiger partial charge >= 0.3 is 5.97 Å². The van der Waals surface area contributed by atoms with Gasteiger partial charge in [-0.1, -0.05) is 60.7 Å². The highest BCUT2D eigenvalue weighted by molar-refractivity contribution is 5.83. The molecular formula is C17H18O2. The molecule has 19 heavy (non-hydrogen) atoms. The van der Waals surface area contributed by atoms with E-state index in [1.54, 1.807) is 0 Å². The van der Waals surface area contributed by atoms with Gasteiger partial charge in [-0.2, -0.15) is 0 Å². The molecule has 0 fully saturated rings. The fourth-order valence-electron chi connectivity index (χ4n) is 2.33. The lowest BCUT2D eigenvalue weighted by Crippen LogP contribution is -2.36. The van der Waals surface area contributed by atoms with Gasteiger partial charge in [0.05, 0.1) is 12.5 Å². The summed E-state index contributed by atoms with van der Waals surface area (Å²) in [6, 6.07) is 19.8. The van der Waals surface area contributed by atoms with E-state index in [9.17, 15) is 4.79 Å². The maximum atomic E-state index is 12.2. The molecule has 0 N–H and O–H groups in total. The molecule has 2 rings (SSSR count). The van der Waals surface area contributed by atoms with Gasteiger partial charge in [-0.3, -0.25) is 4.79 Å². The van der Waals surface area contributed by atoms with Gasteiger partial charge in [0.1, 0.15) is 0 Å². The smallest absolute Gasteiger partial charge is 0.316 e. The summed E-state index contributed by atoms with van der Waals surface area (Å²) < 4.78 is 5.00. The van der Waals surface area contributed by atoms with E-state index in [1.807, 2.05) is 67.6 Å². The predicted octanol–water partition coefficient (Wildman–Crippen LogP) is 3.36. The molecule has 2 aromatic carbocycles. The first-order valence-electron chi connectivity index (χ1n) is 6.34. The normalized spacial score (nSPS) is 13.6. The molecule has 0 heterocycles. The zero-order valence-electron chi connectivity index (χ0n) is 11.3. The van der Waals surface area contributed by atoms with Crippen molar-refractivity contribution in [1.82, 2.24) is 0 Å². The van der Waals surface area contributed by atoms with Crippen LogP contribution in [0.25, 0.3) is 0 Å². The molecule has 0 aliphatic rings. The molecule has 2 heteroatoms. The number of hydrogen-bond acceptors (Lipinski definition) is 2. The zero-order chi connectivity index (χ0) is 13.7. The maximum Gasteiger partial charge on any atom is 0.316 e. The summed E-state index contributed by atoms with van der Waals surface area (Å²) in [4.78, 5) is 12.2. The lowest BCUT2D eigenvalue weighted by Gasteiger charge is -2.27. The van der Waals surface area contributed by atoms with Gasteiger partial charge in [-0.15, -0.1) is 0 Å². The van der Waals surface area contributed by atoms with E-state index in [-0.39, 0.29) is 5.97 Å². The Morgan fingerprint density at radius 2 is 1.53 bits per heavy atom. The van der Waals surface area contributed by atoms with Crippen molar-refractivity contribution in [2.75, 3.05) is 7.11 Å². The predicted molar refractivity (Wildman–Crippen MR) is 76.0 cm³/mol. The van der Waals surface area contributed by atoms with Gasteiger partial charge in [-0.05, 0) is 24.5 Å². The van der Waals surface area contributed by atoms with Gasteiger partial charge in [0, 0.05) is 0 Å². The molecule has 1 atom stereocenters. The standard InChI is InChI=1S/C17H18O2/c1-17(16(18)19-2,15-11-7-4-8-12-15)13-14-9-5-3-6-10-14/h3-12H,13H2,1-2H3. The average Bonchev–Trinajstić information content (AvgIpc) is 2.48. The zero-order valence-corrected chi connectivity index (χ0v) is 11.3. The third-order valence-electron chi connectivity index (χ3n) is 3.45. The first-order chi connectivity index (χ1) is 9.16. The summed E-state index contributed by atoms with van der Waals surface area (Å²) in [5.41, 5.74) is 1.45. The molecule has 0 amide bonds. The lowest BCUT2D eigenvalue weighted by molar-refractivity contribution is -0.146. The SMILES string of the molecule is COC(=O)C(C)(Cc1ccccc1)c1ccccc1. The Bertz CT molecular complexity index is 534. The molecule has 0 saturated heterocycles. The minimum absolute atomic E-state index is 0.206. The van der Waals surface area contributed by atoms with Gasteiger partial charge in [0.25, 0.3) is 0 Å². The van der Waals surface area contributed by atoms with Gasteiger partial charge < -0.3 is 4.74 Å². The van der Waals surface area contributed by atoms with E-state index in [0.717, 1.165) is 11.1 Å². The van der Waals surface area contributed by atoms with Gasteiger partial charge in [-0.25, -0.2) is 0 Å². The van der Waals surface area contributed by atoms with Crippen molar-refractivity contribution < 1.29 is 9.53 Å². The molecule has 0 spiro atoms. The van der Waals surface area contributed by atoms with E-state index in [4.69, 9.17) is 4.74 Å². The Balaban J connectivity index is 2.39. The summed E-state index contributed by atoms with van der Waals surface area (Å²) in [6.45, 7) is 1.93. The minimum atomic E-state index is -0.655. The quantitative estimate of drug-likeness (QED) is 0.782. The van der Waals surface area contributed by atoms with Crippen molar-refractivity contribution in [2.24, 2.45) is 0 Å². The fourth-order valence-corrected chi connectivity index (χ4v) is 2.33. The van der Waals surface area contributed by atoms with Crippen LogP contribution in [0.1, 0.15) is 18.1 Å². The second kappa shape index (κ2) is 5.70. The molecular weight excluding hydrogens is 236 g/mol. The number of methoxy groups -OCH3 is 1. The van der Waals surface area contributed by atoms with E-state index < -0.39 is 5.41 Å². The maximum absolute atomic E-state index is 12.2. The molecule has 0 aliphatic heterocycles. The molecule has 0 bridgehead atoms. The Kier molecular flexibility index (Phi) is 4.00. The van der Waals surface area contributed by atoms with Gasteiger partial charge in [0.15, 0.2) is 0 Å². The summed E-state index contributed by atoms with van der Waals surface area (Å²) >= 11 is 0. The lowest BCUT2D eigenvalue weighted by atomic mass is 9.77. The summed E-state index contributed by atoms with van der Waals surface area (Å²) in [7, 11) is 1.44. The van der Waals surface area contributed by atoms with Crippen molar-refractivity contribution in [3.63, 3.8) is 0 Å². The second-order valence-electron chi connectivity index (χ2n) is 4.85. The third kappa shape index (κ3) is 2.84. The van der Waals surface area contributed by atoms with Crippen LogP contribution < -0.4 is 0 Å². The van der Waals surface area contributed by atoms with Crippen LogP contribution in [-0.4, -0.2) is 13.1 Å².